The third-order valence-corrected chi connectivity index (χ3v) is 9.49. The molecule has 0 radical (unpaired) electrons. The van der Waals surface area contributed by atoms with Gasteiger partial charge in [0.15, 0.2) is 19.7 Å². The van der Waals surface area contributed by atoms with Gasteiger partial charge >= 0.3 is 0 Å². The van der Waals surface area contributed by atoms with Gasteiger partial charge in [-0.3, -0.25) is 4.90 Å². The van der Waals surface area contributed by atoms with Crippen LogP contribution in [0, 0.1) is 6.92 Å². The van der Waals surface area contributed by atoms with E-state index < -0.39 is 31.0 Å². The highest BCUT2D eigenvalue weighted by Crippen LogP contribution is 2.31. The van der Waals surface area contributed by atoms with Gasteiger partial charge in [-0.25, -0.2) is 16.8 Å². The molecule has 0 saturated carbocycles. The zero-order valence-electron chi connectivity index (χ0n) is 15.4. The van der Waals surface area contributed by atoms with Gasteiger partial charge in [0.2, 0.25) is 0 Å². The number of methoxy groups -OCH3 is 1. The molecule has 2 heterocycles. The molecule has 0 unspecified atom stereocenters. The van der Waals surface area contributed by atoms with E-state index in [1.807, 2.05) is 11.9 Å². The quantitative estimate of drug-likeness (QED) is 0.711. The topological polar surface area (TPSA) is 84.0 Å². The largest absolute Gasteiger partial charge is 0.496 e. The molecule has 7 nitrogen and oxygen atoms in total. The first kappa shape index (κ1) is 19.6. The Kier molecular flexibility index (Phi) is 5.35. The van der Waals surface area contributed by atoms with E-state index in [-0.39, 0.29) is 16.4 Å². The molecule has 146 valence electrons. The Labute approximate surface area is 155 Å². The van der Waals surface area contributed by atoms with Crippen molar-refractivity contribution in [2.24, 2.45) is 0 Å². The Bertz CT molecular complexity index is 874. The van der Waals surface area contributed by atoms with Crippen molar-refractivity contribution in [3.63, 3.8) is 0 Å². The summed E-state index contributed by atoms with van der Waals surface area (Å²) in [4.78, 5) is 4.36. The Morgan fingerprint density at radius 3 is 2.35 bits per heavy atom. The van der Waals surface area contributed by atoms with Crippen LogP contribution in [-0.2, 0) is 19.7 Å². The van der Waals surface area contributed by atoms with Crippen LogP contribution < -0.4 is 4.74 Å². The number of benzene rings is 1. The summed E-state index contributed by atoms with van der Waals surface area (Å²) in [6, 6.07) is 4.21. The van der Waals surface area contributed by atoms with Gasteiger partial charge in [-0.05, 0) is 37.7 Å². The molecule has 26 heavy (non-hydrogen) atoms. The maximum Gasteiger partial charge on any atom is 0.183 e. The van der Waals surface area contributed by atoms with Crippen LogP contribution in [-0.4, -0.2) is 89.8 Å². The molecule has 0 amide bonds. The lowest BCUT2D eigenvalue weighted by atomic mass is 10.2. The lowest BCUT2D eigenvalue weighted by molar-refractivity contribution is 0.122. The van der Waals surface area contributed by atoms with Crippen LogP contribution in [0.5, 0.6) is 5.75 Å². The molecule has 2 aliphatic heterocycles. The fraction of sp³-hybridized carbons (Fsp3) is 0.647. The summed E-state index contributed by atoms with van der Waals surface area (Å²) in [5.74, 6) is 0.214. The number of sulfone groups is 2. The van der Waals surface area contributed by atoms with E-state index >= 15 is 0 Å². The lowest BCUT2D eigenvalue weighted by Crippen LogP contribution is -2.54. The minimum atomic E-state index is -3.76. The molecule has 0 N–H and O–H groups in total. The molecule has 1 aromatic rings. The van der Waals surface area contributed by atoms with Crippen LogP contribution in [0.15, 0.2) is 23.1 Å². The summed E-state index contributed by atoms with van der Waals surface area (Å²) in [6.07, 6.45) is 0. The van der Waals surface area contributed by atoms with Crippen molar-refractivity contribution in [2.45, 2.75) is 23.1 Å². The summed E-state index contributed by atoms with van der Waals surface area (Å²) < 4.78 is 56.3. The molecule has 9 heteroatoms. The number of nitrogens with zero attached hydrogens (tertiary/aromatic N) is 2. The molecule has 2 saturated heterocycles. The number of rotatable bonds is 4. The van der Waals surface area contributed by atoms with Crippen molar-refractivity contribution >= 4 is 19.7 Å². The first-order chi connectivity index (χ1) is 12.1. The molecule has 0 bridgehead atoms. The molecular weight excluding hydrogens is 376 g/mol. The number of hydrogen-bond acceptors (Lipinski definition) is 7. The van der Waals surface area contributed by atoms with Crippen LogP contribution in [0.1, 0.15) is 5.56 Å². The van der Waals surface area contributed by atoms with E-state index in [9.17, 15) is 16.8 Å². The van der Waals surface area contributed by atoms with Gasteiger partial charge in [0.1, 0.15) is 5.75 Å². The van der Waals surface area contributed by atoms with E-state index in [1.165, 1.54) is 13.2 Å². The van der Waals surface area contributed by atoms with E-state index in [2.05, 4.69) is 4.90 Å². The third kappa shape index (κ3) is 3.76. The van der Waals surface area contributed by atoms with Gasteiger partial charge in [0.05, 0.1) is 28.8 Å². The maximum absolute atomic E-state index is 13.2. The summed E-state index contributed by atoms with van der Waals surface area (Å²) in [7, 11) is -3.60. The predicted molar refractivity (Wildman–Crippen MR) is 100 cm³/mol. The van der Waals surface area contributed by atoms with Gasteiger partial charge in [-0.1, -0.05) is 0 Å². The molecular formula is C17H26N2O5S2. The summed E-state index contributed by atoms with van der Waals surface area (Å²) in [5, 5.41) is -0.927. The molecule has 0 aliphatic carbocycles. The van der Waals surface area contributed by atoms with Crippen LogP contribution in [0.2, 0.25) is 0 Å². The van der Waals surface area contributed by atoms with Crippen molar-refractivity contribution < 1.29 is 21.6 Å². The number of aryl methyl sites for hydroxylation is 1. The van der Waals surface area contributed by atoms with E-state index in [0.29, 0.717) is 24.4 Å². The number of hydrogen-bond donors (Lipinski definition) is 0. The Morgan fingerprint density at radius 2 is 1.77 bits per heavy atom. The Morgan fingerprint density at radius 1 is 1.12 bits per heavy atom. The van der Waals surface area contributed by atoms with Crippen molar-refractivity contribution in [2.75, 3.05) is 51.8 Å². The maximum atomic E-state index is 13.2. The average Bonchev–Trinajstić information content (AvgIpc) is 2.92. The van der Waals surface area contributed by atoms with Crippen LogP contribution >= 0.6 is 0 Å². The van der Waals surface area contributed by atoms with Crippen molar-refractivity contribution in [1.29, 1.82) is 0 Å². The van der Waals surface area contributed by atoms with Gasteiger partial charge in [-0.2, -0.15) is 0 Å². The highest BCUT2D eigenvalue weighted by Gasteiger charge is 2.48. The van der Waals surface area contributed by atoms with Crippen molar-refractivity contribution in [3.05, 3.63) is 23.8 Å². The molecule has 3 rings (SSSR count). The first-order valence-corrected chi connectivity index (χ1v) is 12.0. The Balaban J connectivity index is 1.94. The summed E-state index contributed by atoms with van der Waals surface area (Å²) in [5.41, 5.74) is 0.713. The first-order valence-electron chi connectivity index (χ1n) is 8.65. The highest BCUT2D eigenvalue weighted by molar-refractivity contribution is 7.96. The van der Waals surface area contributed by atoms with Gasteiger partial charge in [0.25, 0.3) is 0 Å². The monoisotopic (exact) mass is 402 g/mol. The van der Waals surface area contributed by atoms with Crippen LogP contribution in [0.25, 0.3) is 0 Å². The second kappa shape index (κ2) is 7.10. The van der Waals surface area contributed by atoms with E-state index in [4.69, 9.17) is 4.74 Å². The normalized spacial score (nSPS) is 27.5. The minimum absolute atomic E-state index is 0.0876. The number of ether oxygens (including phenoxy) is 1. The second-order valence-corrected chi connectivity index (χ2v) is 11.5. The number of likely N-dealkylation sites (N-methyl/N-ethyl adjacent to an activating group) is 1. The van der Waals surface area contributed by atoms with Crippen LogP contribution in [0.4, 0.5) is 0 Å². The molecule has 0 aromatic heterocycles. The molecule has 2 atom stereocenters. The standard InChI is InChI=1S/C17H26N2O5S2/c1-13-10-14(4-5-16(13)24-3)26(22,23)17-12-25(20,21)11-15(17)19-8-6-18(2)7-9-19/h4-5,10,15,17H,6-9,11-12H2,1-3H3/t15-,17+/m0/s1. The van der Waals surface area contributed by atoms with E-state index in [1.54, 1.807) is 19.1 Å². The van der Waals surface area contributed by atoms with Gasteiger partial charge < -0.3 is 9.64 Å². The SMILES string of the molecule is COc1ccc(S(=O)(=O)[C@@H]2CS(=O)(=O)C[C@@H]2N2CCN(C)CC2)cc1C. The van der Waals surface area contributed by atoms with Gasteiger partial charge in [-0.15, -0.1) is 0 Å². The zero-order valence-corrected chi connectivity index (χ0v) is 17.0. The molecule has 2 aliphatic rings. The smallest absolute Gasteiger partial charge is 0.183 e. The highest BCUT2D eigenvalue weighted by atomic mass is 32.2. The minimum Gasteiger partial charge on any atom is -0.496 e. The van der Waals surface area contributed by atoms with Gasteiger partial charge in [0, 0.05) is 32.2 Å². The lowest BCUT2D eigenvalue weighted by Gasteiger charge is -2.37. The summed E-state index contributed by atoms with van der Waals surface area (Å²) >= 11 is 0. The predicted octanol–water partition coefficient (Wildman–Crippen LogP) is 0.190. The Hall–Kier alpha value is -1.16. The molecule has 2 fully saturated rings. The fourth-order valence-corrected chi connectivity index (χ4v) is 8.70. The summed E-state index contributed by atoms with van der Waals surface area (Å²) in [6.45, 7) is 4.77. The number of piperazine rings is 1. The average molecular weight is 403 g/mol. The van der Waals surface area contributed by atoms with Crippen molar-refractivity contribution in [3.8, 4) is 5.75 Å². The molecule has 1 aromatic carbocycles. The van der Waals surface area contributed by atoms with E-state index in [0.717, 1.165) is 13.1 Å². The zero-order chi connectivity index (χ0) is 19.1. The van der Waals surface area contributed by atoms with Crippen molar-refractivity contribution in [1.82, 2.24) is 9.80 Å². The van der Waals surface area contributed by atoms with Crippen LogP contribution in [0.3, 0.4) is 0 Å². The molecule has 0 spiro atoms. The fourth-order valence-electron chi connectivity index (χ4n) is 3.79. The third-order valence-electron chi connectivity index (χ3n) is 5.37. The second-order valence-electron chi connectivity index (χ2n) is 7.20.